The van der Waals surface area contributed by atoms with Crippen LogP contribution in [0.3, 0.4) is 0 Å². The topological polar surface area (TPSA) is 84.2 Å². The van der Waals surface area contributed by atoms with Crippen molar-refractivity contribution in [3.8, 4) is 5.88 Å². The molecule has 3 heterocycles. The van der Waals surface area contributed by atoms with Crippen molar-refractivity contribution in [2.24, 2.45) is 0 Å². The number of ether oxygens (including phenoxy) is 1. The van der Waals surface area contributed by atoms with Gasteiger partial charge in [-0.1, -0.05) is 11.6 Å². The first-order valence-electron chi connectivity index (χ1n) is 8.38. The summed E-state index contributed by atoms with van der Waals surface area (Å²) >= 11 is 6.13. The SMILES string of the molecule is CC1(C)CN(c2cc(Cl)cn3cnc(OC(=O)C(F)(F)F)c23)CCN1S(C)(=O)=O. The first-order valence-corrected chi connectivity index (χ1v) is 10.6. The largest absolute Gasteiger partial charge is 0.491 e. The van der Waals surface area contributed by atoms with E-state index in [2.05, 4.69) is 9.72 Å². The number of carbonyl (C=O) groups is 1. The standard InChI is InChI=1S/C16H18ClF3N4O4S/c1-15(2)8-22(4-5-24(15)29(3,26)27)11-6-10(17)7-23-9-21-13(12(11)23)28-14(25)16(18,19)20/h6-7,9H,4-5,8H2,1-3H3. The number of piperazine rings is 1. The lowest BCUT2D eigenvalue weighted by molar-refractivity contribution is -0.189. The van der Waals surface area contributed by atoms with Crippen LogP contribution in [0.15, 0.2) is 18.6 Å². The summed E-state index contributed by atoms with van der Waals surface area (Å²) in [5.74, 6) is -2.90. The third kappa shape index (κ3) is 4.28. The molecule has 0 unspecified atom stereocenters. The van der Waals surface area contributed by atoms with E-state index < -0.39 is 33.6 Å². The molecule has 1 aliphatic heterocycles. The zero-order chi connectivity index (χ0) is 21.8. The number of hydrogen-bond acceptors (Lipinski definition) is 6. The van der Waals surface area contributed by atoms with E-state index in [0.29, 0.717) is 5.69 Å². The van der Waals surface area contributed by atoms with Gasteiger partial charge < -0.3 is 9.64 Å². The van der Waals surface area contributed by atoms with Crippen LogP contribution in [0.2, 0.25) is 5.02 Å². The van der Waals surface area contributed by atoms with Gasteiger partial charge in [0, 0.05) is 31.4 Å². The Morgan fingerprint density at radius 1 is 1.31 bits per heavy atom. The lowest BCUT2D eigenvalue weighted by Gasteiger charge is -2.46. The van der Waals surface area contributed by atoms with Gasteiger partial charge in [-0.05, 0) is 19.9 Å². The van der Waals surface area contributed by atoms with Gasteiger partial charge in [0.2, 0.25) is 10.0 Å². The number of hydrogen-bond donors (Lipinski definition) is 0. The van der Waals surface area contributed by atoms with Crippen molar-refractivity contribution < 1.29 is 31.1 Å². The molecule has 2 aromatic rings. The minimum absolute atomic E-state index is 0.121. The lowest BCUT2D eigenvalue weighted by Crippen LogP contribution is -2.60. The van der Waals surface area contributed by atoms with Crippen LogP contribution in [0.5, 0.6) is 5.88 Å². The second-order valence-corrected chi connectivity index (χ2v) is 9.65. The number of rotatable bonds is 3. The predicted molar refractivity (Wildman–Crippen MR) is 99.7 cm³/mol. The van der Waals surface area contributed by atoms with Crippen LogP contribution in [0, 0.1) is 0 Å². The second kappa shape index (κ2) is 7.03. The summed E-state index contributed by atoms with van der Waals surface area (Å²) in [6.07, 6.45) is -1.46. The number of pyridine rings is 1. The summed E-state index contributed by atoms with van der Waals surface area (Å²) in [5.41, 5.74) is -0.301. The number of esters is 1. The van der Waals surface area contributed by atoms with Crippen LogP contribution in [0.25, 0.3) is 5.52 Å². The average Bonchev–Trinajstić information content (AvgIpc) is 2.93. The number of aromatic nitrogens is 2. The highest BCUT2D eigenvalue weighted by molar-refractivity contribution is 7.88. The summed E-state index contributed by atoms with van der Waals surface area (Å²) in [6, 6.07) is 1.51. The maximum Gasteiger partial charge on any atom is 0.491 e. The molecule has 0 bridgehead atoms. The third-order valence-corrected chi connectivity index (χ3v) is 6.21. The van der Waals surface area contributed by atoms with Gasteiger partial charge in [-0.3, -0.25) is 4.40 Å². The molecular formula is C16H18ClF3N4O4S. The first-order chi connectivity index (χ1) is 13.2. The number of nitrogens with zero attached hydrogens (tertiary/aromatic N) is 4. The van der Waals surface area contributed by atoms with E-state index in [0.717, 1.165) is 6.26 Å². The molecule has 8 nitrogen and oxygen atoms in total. The van der Waals surface area contributed by atoms with Crippen molar-refractivity contribution >= 4 is 38.8 Å². The van der Waals surface area contributed by atoms with Crippen molar-refractivity contribution in [3.63, 3.8) is 0 Å². The number of halogens is 4. The number of sulfonamides is 1. The monoisotopic (exact) mass is 454 g/mol. The predicted octanol–water partition coefficient (Wildman–Crippen LogP) is 2.32. The maximum absolute atomic E-state index is 12.6. The van der Waals surface area contributed by atoms with Crippen LogP contribution in [0.1, 0.15) is 13.8 Å². The highest BCUT2D eigenvalue weighted by Gasteiger charge is 2.43. The van der Waals surface area contributed by atoms with Crippen LogP contribution < -0.4 is 9.64 Å². The number of carbonyl (C=O) groups excluding carboxylic acids is 1. The van der Waals surface area contributed by atoms with Crippen LogP contribution >= 0.6 is 11.6 Å². The van der Waals surface area contributed by atoms with Crippen molar-refractivity contribution in [1.82, 2.24) is 13.7 Å². The Balaban J connectivity index is 2.04. The lowest BCUT2D eigenvalue weighted by atomic mass is 10.0. The van der Waals surface area contributed by atoms with Gasteiger partial charge >= 0.3 is 12.1 Å². The van der Waals surface area contributed by atoms with Crippen molar-refractivity contribution in [1.29, 1.82) is 0 Å². The second-order valence-electron chi connectivity index (χ2n) is 7.31. The molecule has 0 aliphatic carbocycles. The van der Waals surface area contributed by atoms with Gasteiger partial charge in [-0.15, -0.1) is 0 Å². The molecule has 0 saturated carbocycles. The quantitative estimate of drug-likeness (QED) is 0.662. The molecule has 13 heteroatoms. The molecular weight excluding hydrogens is 437 g/mol. The zero-order valence-corrected chi connectivity index (χ0v) is 17.3. The molecule has 160 valence electrons. The van der Waals surface area contributed by atoms with Gasteiger partial charge in [-0.25, -0.2) is 18.2 Å². The van der Waals surface area contributed by atoms with E-state index in [1.54, 1.807) is 18.7 Å². The van der Waals surface area contributed by atoms with E-state index in [1.165, 1.54) is 27.3 Å². The van der Waals surface area contributed by atoms with Crippen molar-refractivity contribution in [3.05, 3.63) is 23.6 Å². The van der Waals surface area contributed by atoms with E-state index in [1.807, 2.05) is 0 Å². The van der Waals surface area contributed by atoms with Crippen LogP contribution in [0.4, 0.5) is 18.9 Å². The van der Waals surface area contributed by atoms with E-state index >= 15 is 0 Å². The molecule has 29 heavy (non-hydrogen) atoms. The molecule has 1 saturated heterocycles. The van der Waals surface area contributed by atoms with E-state index in [4.69, 9.17) is 11.6 Å². The molecule has 2 aromatic heterocycles. The highest BCUT2D eigenvalue weighted by atomic mass is 35.5. The minimum Gasteiger partial charge on any atom is -0.398 e. The Bertz CT molecular complexity index is 1070. The number of fused-ring (bicyclic) bond motifs is 1. The Labute approximate surface area is 169 Å². The Morgan fingerprint density at radius 2 is 1.97 bits per heavy atom. The van der Waals surface area contributed by atoms with Crippen LogP contribution in [-0.2, 0) is 14.8 Å². The van der Waals surface area contributed by atoms with Gasteiger partial charge in [0.25, 0.3) is 5.88 Å². The Hall–Kier alpha value is -2.05. The summed E-state index contributed by atoms with van der Waals surface area (Å²) in [5, 5.41) is 0.280. The van der Waals surface area contributed by atoms with E-state index in [-0.39, 0.29) is 30.2 Å². The molecule has 0 aromatic carbocycles. The van der Waals surface area contributed by atoms with Crippen LogP contribution in [-0.4, -0.2) is 65.7 Å². The summed E-state index contributed by atoms with van der Waals surface area (Å²) in [6.45, 7) is 4.13. The third-order valence-electron chi connectivity index (χ3n) is 4.53. The van der Waals surface area contributed by atoms with Gasteiger partial charge in [0.05, 0.1) is 17.0 Å². The normalized spacial score (nSPS) is 18.2. The fraction of sp³-hybridized carbons (Fsp3) is 0.500. The number of anilines is 1. The molecule has 1 aliphatic rings. The number of alkyl halides is 3. The molecule has 0 amide bonds. The Morgan fingerprint density at radius 3 is 2.52 bits per heavy atom. The maximum atomic E-state index is 12.6. The summed E-state index contributed by atoms with van der Waals surface area (Å²) in [4.78, 5) is 16.8. The molecule has 1 fully saturated rings. The Kier molecular flexibility index (Phi) is 5.25. The molecule has 0 N–H and O–H groups in total. The number of imidazole rings is 1. The van der Waals surface area contributed by atoms with Gasteiger partial charge in [0.1, 0.15) is 11.8 Å². The average molecular weight is 455 g/mol. The van der Waals surface area contributed by atoms with Crippen molar-refractivity contribution in [2.75, 3.05) is 30.8 Å². The van der Waals surface area contributed by atoms with Gasteiger partial charge in [-0.2, -0.15) is 17.5 Å². The fourth-order valence-corrected chi connectivity index (χ4v) is 5.05. The molecule has 0 atom stereocenters. The first kappa shape index (κ1) is 21.7. The molecule has 3 rings (SSSR count). The summed E-state index contributed by atoms with van der Waals surface area (Å²) < 4.78 is 69.1. The molecule has 0 radical (unpaired) electrons. The zero-order valence-electron chi connectivity index (χ0n) is 15.7. The van der Waals surface area contributed by atoms with E-state index in [9.17, 15) is 26.4 Å². The fourth-order valence-electron chi connectivity index (χ4n) is 3.47. The smallest absolute Gasteiger partial charge is 0.398 e. The summed E-state index contributed by atoms with van der Waals surface area (Å²) in [7, 11) is -3.45. The van der Waals surface area contributed by atoms with Gasteiger partial charge in [0.15, 0.2) is 0 Å². The highest BCUT2D eigenvalue weighted by Crippen LogP contribution is 2.36. The molecule has 0 spiro atoms. The van der Waals surface area contributed by atoms with Crippen molar-refractivity contribution in [2.45, 2.75) is 25.6 Å². The minimum atomic E-state index is -5.17.